The number of rotatable bonds is 7. The second kappa shape index (κ2) is 12.6. The smallest absolute Gasteiger partial charge is 0.221 e. The maximum Gasteiger partial charge on any atom is 0.221 e. The molecule has 5 rings (SSSR count). The minimum Gasteiger partial charge on any atom is -0.390 e. The van der Waals surface area contributed by atoms with Gasteiger partial charge in [0.05, 0.1) is 16.9 Å². The van der Waals surface area contributed by atoms with Gasteiger partial charge in [0.1, 0.15) is 11.6 Å². The number of primary amides is 1. The number of carbonyl (C=O) groups is 2. The van der Waals surface area contributed by atoms with E-state index in [0.717, 1.165) is 43.0 Å². The van der Waals surface area contributed by atoms with E-state index < -0.39 is 28.2 Å². The molecule has 1 saturated carbocycles. The normalized spacial score (nSPS) is 23.5. The lowest BCUT2D eigenvalue weighted by Crippen LogP contribution is -2.62. The van der Waals surface area contributed by atoms with Crippen molar-refractivity contribution in [2.24, 2.45) is 16.1 Å². The first-order valence-corrected chi connectivity index (χ1v) is 14.6. The zero-order chi connectivity index (χ0) is 30.7. The molecule has 1 aliphatic carbocycles. The zero-order valence-electron chi connectivity index (χ0n) is 24.3. The number of amides is 2. The summed E-state index contributed by atoms with van der Waals surface area (Å²) in [6.07, 6.45) is 6.23. The van der Waals surface area contributed by atoms with E-state index in [0.29, 0.717) is 36.3 Å². The Morgan fingerprint density at radius 2 is 1.88 bits per heavy atom. The van der Waals surface area contributed by atoms with E-state index in [1.807, 2.05) is 45.0 Å². The van der Waals surface area contributed by atoms with Crippen molar-refractivity contribution < 1.29 is 23.5 Å². The van der Waals surface area contributed by atoms with Crippen LogP contribution in [0.1, 0.15) is 70.4 Å². The van der Waals surface area contributed by atoms with Crippen molar-refractivity contribution in [1.82, 2.24) is 10.2 Å². The maximum absolute atomic E-state index is 14.5. The van der Waals surface area contributed by atoms with Gasteiger partial charge in [-0.2, -0.15) is 0 Å². The lowest BCUT2D eigenvalue weighted by molar-refractivity contribution is -0.129. The number of nitrogens with one attached hydrogen (secondary N) is 1. The largest absolute Gasteiger partial charge is 0.390 e. The van der Waals surface area contributed by atoms with Crippen molar-refractivity contribution in [1.29, 1.82) is 0 Å². The Balaban J connectivity index is 0.00000129. The molecule has 2 aromatic rings. The van der Waals surface area contributed by atoms with Crippen LogP contribution in [0.4, 0.5) is 8.78 Å². The predicted octanol–water partition coefficient (Wildman–Crippen LogP) is 5.23. The van der Waals surface area contributed by atoms with Crippen LogP contribution in [0.2, 0.25) is 5.02 Å². The molecule has 226 valence electrons. The molecule has 0 aromatic heterocycles. The van der Waals surface area contributed by atoms with Gasteiger partial charge in [-0.1, -0.05) is 29.8 Å². The molecule has 2 heterocycles. The molecule has 2 aromatic carbocycles. The van der Waals surface area contributed by atoms with Crippen molar-refractivity contribution in [3.05, 3.63) is 82.0 Å². The highest BCUT2D eigenvalue weighted by Crippen LogP contribution is 2.47. The molecule has 4 N–H and O–H groups in total. The molecule has 10 heteroatoms. The van der Waals surface area contributed by atoms with Gasteiger partial charge in [0.15, 0.2) is 0 Å². The first-order chi connectivity index (χ1) is 19.8. The van der Waals surface area contributed by atoms with Crippen LogP contribution in [0.15, 0.2) is 59.2 Å². The molecule has 7 nitrogen and oxygen atoms in total. The molecule has 0 radical (unpaired) electrons. The van der Waals surface area contributed by atoms with Crippen LogP contribution in [-0.2, 0) is 15.1 Å². The van der Waals surface area contributed by atoms with Gasteiger partial charge in [-0.25, -0.2) is 8.78 Å². The van der Waals surface area contributed by atoms with Crippen molar-refractivity contribution in [3.63, 3.8) is 0 Å². The van der Waals surface area contributed by atoms with Gasteiger partial charge in [0.2, 0.25) is 12.3 Å². The van der Waals surface area contributed by atoms with Crippen LogP contribution in [-0.4, -0.2) is 52.8 Å². The van der Waals surface area contributed by atoms with Crippen molar-refractivity contribution in [2.45, 2.75) is 76.5 Å². The van der Waals surface area contributed by atoms with Gasteiger partial charge < -0.3 is 16.2 Å². The zero-order valence-corrected chi connectivity index (χ0v) is 25.1. The fourth-order valence-corrected chi connectivity index (χ4v) is 6.44. The van der Waals surface area contributed by atoms with Crippen molar-refractivity contribution >= 4 is 29.6 Å². The summed E-state index contributed by atoms with van der Waals surface area (Å²) >= 11 is 6.20. The Kier molecular flexibility index (Phi) is 9.55. The summed E-state index contributed by atoms with van der Waals surface area (Å²) in [5.41, 5.74) is 4.95. The van der Waals surface area contributed by atoms with Gasteiger partial charge in [-0.05, 0) is 76.3 Å². The number of aliphatic imine (C=N–C) groups is 1. The van der Waals surface area contributed by atoms with Crippen LogP contribution in [0.25, 0.3) is 0 Å². The molecule has 42 heavy (non-hydrogen) atoms. The molecule has 0 unspecified atom stereocenters. The number of likely N-dealkylation sites (tertiary alicyclic amines) is 1. The Labute approximate surface area is 250 Å². The number of hydrogen-bond acceptors (Lipinski definition) is 5. The summed E-state index contributed by atoms with van der Waals surface area (Å²) in [7, 11) is 0. The Bertz CT molecular complexity index is 1380. The fourth-order valence-electron chi connectivity index (χ4n) is 6.25. The number of nitrogens with zero attached hydrogens (tertiary/aromatic N) is 2. The quantitative estimate of drug-likeness (QED) is 0.378. The highest BCUT2D eigenvalue weighted by atomic mass is 35.5. The third-order valence-electron chi connectivity index (χ3n) is 8.59. The molecule has 0 atom stereocenters. The molecule has 3 aliphatic rings. The third-order valence-corrected chi connectivity index (χ3v) is 8.82. The fraction of sp³-hybridized carbons (Fsp3) is 0.469. The SMILES string of the molecule is CC1(O)CCC(N2CC(CC(=O)NC(C)(C)c3cccc(Cl)c3)(C3=CCC(c4ccc(F)cc4F)=N3)C2)CC1.NC=O. The van der Waals surface area contributed by atoms with Crippen molar-refractivity contribution in [2.75, 3.05) is 13.1 Å². The van der Waals surface area contributed by atoms with Crippen LogP contribution < -0.4 is 11.1 Å². The minimum atomic E-state index is -0.636. The first-order valence-electron chi connectivity index (χ1n) is 14.2. The highest BCUT2D eigenvalue weighted by Gasteiger charge is 2.51. The Morgan fingerprint density at radius 1 is 1.21 bits per heavy atom. The molecule has 2 aliphatic heterocycles. The molecular formula is C32H39ClF2N4O3. The van der Waals surface area contributed by atoms with Gasteiger partial charge in [-0.15, -0.1) is 0 Å². The number of halogens is 3. The molecule has 1 saturated heterocycles. The van der Waals surface area contributed by atoms with Gasteiger partial charge in [0.25, 0.3) is 0 Å². The second-order valence-electron chi connectivity index (χ2n) is 12.4. The highest BCUT2D eigenvalue weighted by molar-refractivity contribution is 6.30. The monoisotopic (exact) mass is 600 g/mol. The lowest BCUT2D eigenvalue weighted by atomic mass is 9.71. The van der Waals surface area contributed by atoms with E-state index in [4.69, 9.17) is 21.4 Å². The van der Waals surface area contributed by atoms with E-state index in [-0.39, 0.29) is 24.3 Å². The first kappa shape index (κ1) is 31.8. The topological polar surface area (TPSA) is 108 Å². The average Bonchev–Trinajstić information content (AvgIpc) is 3.37. The molecule has 2 amide bonds. The Morgan fingerprint density at radius 3 is 2.50 bits per heavy atom. The summed E-state index contributed by atoms with van der Waals surface area (Å²) in [5.74, 6) is -1.36. The summed E-state index contributed by atoms with van der Waals surface area (Å²) in [5, 5.41) is 14.2. The summed E-state index contributed by atoms with van der Waals surface area (Å²) in [6.45, 7) is 7.13. The lowest BCUT2D eigenvalue weighted by Gasteiger charge is -2.54. The van der Waals surface area contributed by atoms with E-state index >= 15 is 0 Å². The van der Waals surface area contributed by atoms with Crippen LogP contribution in [0.3, 0.4) is 0 Å². The molecular weight excluding hydrogens is 562 g/mol. The van der Waals surface area contributed by atoms with E-state index in [1.165, 1.54) is 12.1 Å². The average molecular weight is 601 g/mol. The van der Waals surface area contributed by atoms with E-state index in [9.17, 15) is 18.7 Å². The standard InChI is InChI=1S/C31H36ClF2N3O2.CH3NO/c1-29(2,20-5-4-6-21(32)15-20)36-28(38)17-31(18-37(19-31)23-11-13-30(3,39)14-12-23)27-10-9-26(35-27)24-8-7-22(33)16-25(24)34;2-1-3/h4-8,10,15-16,23,39H,9,11-14,17-19H2,1-3H3,(H,36,38);1H,(H2,2,3). The number of allylic oxidation sites excluding steroid dienone is 1. The number of benzene rings is 2. The summed E-state index contributed by atoms with van der Waals surface area (Å²) in [6, 6.07) is 11.4. The maximum atomic E-state index is 14.5. The summed E-state index contributed by atoms with van der Waals surface area (Å²) < 4.78 is 28.0. The van der Waals surface area contributed by atoms with Gasteiger partial charge in [0, 0.05) is 59.7 Å². The van der Waals surface area contributed by atoms with Crippen LogP contribution in [0, 0.1) is 17.0 Å². The minimum absolute atomic E-state index is 0.0938. The van der Waals surface area contributed by atoms with E-state index in [1.54, 1.807) is 6.07 Å². The second-order valence-corrected chi connectivity index (χ2v) is 12.8. The molecule has 2 fully saturated rings. The van der Waals surface area contributed by atoms with Crippen molar-refractivity contribution in [3.8, 4) is 0 Å². The van der Waals surface area contributed by atoms with Crippen LogP contribution in [0.5, 0.6) is 0 Å². The number of nitrogens with two attached hydrogens (primary N) is 1. The number of aliphatic hydroxyl groups is 1. The van der Waals surface area contributed by atoms with Crippen LogP contribution >= 0.6 is 11.6 Å². The predicted molar refractivity (Wildman–Crippen MR) is 160 cm³/mol. The molecule has 0 spiro atoms. The van der Waals surface area contributed by atoms with Gasteiger partial charge >= 0.3 is 0 Å². The molecule has 0 bridgehead atoms. The number of carbonyl (C=O) groups excluding carboxylic acids is 2. The number of hydrogen-bond donors (Lipinski definition) is 3. The summed E-state index contributed by atoms with van der Waals surface area (Å²) in [4.78, 5) is 29.3. The van der Waals surface area contributed by atoms with E-state index in [2.05, 4.69) is 16.0 Å². The van der Waals surface area contributed by atoms with Gasteiger partial charge in [-0.3, -0.25) is 19.5 Å². The Hall–Kier alpha value is -3.14. The third kappa shape index (κ3) is 7.25.